The van der Waals surface area contributed by atoms with Gasteiger partial charge in [0.05, 0.1) is 0 Å². The molecule has 1 rings (SSSR count). The maximum atomic E-state index is 10.5. The summed E-state index contributed by atoms with van der Waals surface area (Å²) >= 11 is 1.83. The molecule has 4 heteroatoms. The number of hydrogen-bond donors (Lipinski definition) is 1. The molecule has 1 N–H and O–H groups in total. The van der Waals surface area contributed by atoms with Gasteiger partial charge < -0.3 is 5.11 Å². The van der Waals surface area contributed by atoms with Crippen molar-refractivity contribution in [2.24, 2.45) is 0 Å². The van der Waals surface area contributed by atoms with Crippen molar-refractivity contribution in [2.75, 3.05) is 6.54 Å². The van der Waals surface area contributed by atoms with Crippen LogP contribution in [0.1, 0.15) is 42.0 Å². The molecule has 0 aromatic carbocycles. The van der Waals surface area contributed by atoms with E-state index in [9.17, 15) is 4.79 Å². The molecule has 0 atom stereocenters. The lowest BCUT2D eigenvalue weighted by Gasteiger charge is -2.26. The maximum absolute atomic E-state index is 10.5. The molecule has 1 aromatic rings. The molecule has 0 aliphatic carbocycles. The van der Waals surface area contributed by atoms with Crippen LogP contribution in [0.15, 0.2) is 6.07 Å². The van der Waals surface area contributed by atoms with Gasteiger partial charge in [0, 0.05) is 28.8 Å². The van der Waals surface area contributed by atoms with Gasteiger partial charge >= 0.3 is 5.97 Å². The summed E-state index contributed by atoms with van der Waals surface area (Å²) in [6.45, 7) is 10.4. The minimum atomic E-state index is -0.707. The Balaban J connectivity index is 2.57. The number of carbonyl (C=O) groups is 1. The SMILES string of the molecule is Cc1cc(CN(CCCC(=O)O)C(C)C)c(C)s1. The molecule has 0 fully saturated rings. The highest BCUT2D eigenvalue weighted by atomic mass is 32.1. The average Bonchev–Trinajstić information content (AvgIpc) is 2.55. The van der Waals surface area contributed by atoms with Crippen molar-refractivity contribution in [1.29, 1.82) is 0 Å². The molecule has 1 aromatic heterocycles. The van der Waals surface area contributed by atoms with Crippen LogP contribution in [-0.2, 0) is 11.3 Å². The number of hydrogen-bond acceptors (Lipinski definition) is 3. The lowest BCUT2D eigenvalue weighted by atomic mass is 10.2. The number of thiophene rings is 1. The van der Waals surface area contributed by atoms with Crippen molar-refractivity contribution in [3.63, 3.8) is 0 Å². The summed E-state index contributed by atoms with van der Waals surface area (Å²) < 4.78 is 0. The number of aliphatic carboxylic acids is 1. The number of nitrogens with zero attached hydrogens (tertiary/aromatic N) is 1. The van der Waals surface area contributed by atoms with Crippen molar-refractivity contribution >= 4 is 17.3 Å². The van der Waals surface area contributed by atoms with Gasteiger partial charge in [-0.15, -0.1) is 11.3 Å². The largest absolute Gasteiger partial charge is 0.481 e. The Bertz CT molecular complexity index is 398. The Hall–Kier alpha value is -0.870. The summed E-state index contributed by atoms with van der Waals surface area (Å²) in [5.74, 6) is -0.707. The van der Waals surface area contributed by atoms with E-state index in [1.165, 1.54) is 15.3 Å². The van der Waals surface area contributed by atoms with Gasteiger partial charge in [0.15, 0.2) is 0 Å². The van der Waals surface area contributed by atoms with Gasteiger partial charge in [-0.05, 0) is 52.3 Å². The molecular weight excluding hydrogens is 246 g/mol. The zero-order valence-electron chi connectivity index (χ0n) is 11.7. The molecule has 18 heavy (non-hydrogen) atoms. The van der Waals surface area contributed by atoms with E-state index >= 15 is 0 Å². The molecule has 102 valence electrons. The summed E-state index contributed by atoms with van der Waals surface area (Å²) in [5, 5.41) is 8.69. The van der Waals surface area contributed by atoms with Crippen LogP contribution in [0.25, 0.3) is 0 Å². The van der Waals surface area contributed by atoms with Crippen molar-refractivity contribution in [1.82, 2.24) is 4.90 Å². The predicted molar refractivity (Wildman–Crippen MR) is 76.2 cm³/mol. The third-order valence-electron chi connectivity index (χ3n) is 3.08. The third-order valence-corrected chi connectivity index (χ3v) is 4.09. The molecule has 0 unspecified atom stereocenters. The van der Waals surface area contributed by atoms with Gasteiger partial charge in [-0.1, -0.05) is 0 Å². The van der Waals surface area contributed by atoms with E-state index in [2.05, 4.69) is 38.7 Å². The second-order valence-electron chi connectivity index (χ2n) is 5.00. The minimum absolute atomic E-state index is 0.255. The first kappa shape index (κ1) is 15.2. The summed E-state index contributed by atoms with van der Waals surface area (Å²) in [7, 11) is 0. The van der Waals surface area contributed by atoms with Crippen LogP contribution in [0.2, 0.25) is 0 Å². The molecule has 0 amide bonds. The van der Waals surface area contributed by atoms with Gasteiger partial charge in [0.1, 0.15) is 0 Å². The normalized spacial score (nSPS) is 11.4. The Kier molecular flexibility index (Phi) is 5.82. The van der Waals surface area contributed by atoms with Gasteiger partial charge in [-0.3, -0.25) is 9.69 Å². The molecular formula is C14H23NO2S. The molecule has 0 aliphatic rings. The predicted octanol–water partition coefficient (Wildman–Crippen LogP) is 3.44. The van der Waals surface area contributed by atoms with Crippen molar-refractivity contribution < 1.29 is 9.90 Å². The summed E-state index contributed by atoms with van der Waals surface area (Å²) in [6, 6.07) is 2.69. The quantitative estimate of drug-likeness (QED) is 0.824. The van der Waals surface area contributed by atoms with Crippen LogP contribution >= 0.6 is 11.3 Å². The second-order valence-corrected chi connectivity index (χ2v) is 6.46. The van der Waals surface area contributed by atoms with E-state index in [1.54, 1.807) is 0 Å². The number of carboxylic acid groups (broad SMARTS) is 1. The molecule has 0 saturated carbocycles. The van der Waals surface area contributed by atoms with Gasteiger partial charge in [0.2, 0.25) is 0 Å². The van der Waals surface area contributed by atoms with Gasteiger partial charge in [-0.25, -0.2) is 0 Å². The van der Waals surface area contributed by atoms with Crippen LogP contribution in [0, 0.1) is 13.8 Å². The average molecular weight is 269 g/mol. The monoisotopic (exact) mass is 269 g/mol. The number of aryl methyl sites for hydroxylation is 2. The van der Waals surface area contributed by atoms with Crippen molar-refractivity contribution in [3.05, 3.63) is 21.4 Å². The topological polar surface area (TPSA) is 40.5 Å². The molecule has 1 heterocycles. The maximum Gasteiger partial charge on any atom is 0.303 e. The fraction of sp³-hybridized carbons (Fsp3) is 0.643. The highest BCUT2D eigenvalue weighted by Gasteiger charge is 2.13. The fourth-order valence-corrected chi connectivity index (χ4v) is 2.95. The zero-order chi connectivity index (χ0) is 13.7. The summed E-state index contributed by atoms with van der Waals surface area (Å²) in [5.41, 5.74) is 1.38. The van der Waals surface area contributed by atoms with E-state index in [0.29, 0.717) is 6.04 Å². The zero-order valence-corrected chi connectivity index (χ0v) is 12.5. The molecule has 3 nitrogen and oxygen atoms in total. The lowest BCUT2D eigenvalue weighted by Crippen LogP contribution is -2.31. The lowest BCUT2D eigenvalue weighted by molar-refractivity contribution is -0.137. The Morgan fingerprint density at radius 3 is 2.56 bits per heavy atom. The summed E-state index contributed by atoms with van der Waals surface area (Å²) in [6.07, 6.45) is 0.973. The molecule has 0 spiro atoms. The van der Waals surface area contributed by atoms with E-state index in [0.717, 1.165) is 19.5 Å². The fourth-order valence-electron chi connectivity index (χ4n) is 2.01. The second kappa shape index (κ2) is 6.90. The molecule has 0 aliphatic heterocycles. The first-order chi connectivity index (χ1) is 8.40. The molecule has 0 radical (unpaired) electrons. The Labute approximate surface area is 113 Å². The first-order valence-electron chi connectivity index (χ1n) is 6.42. The van der Waals surface area contributed by atoms with Crippen LogP contribution in [0.4, 0.5) is 0 Å². The smallest absolute Gasteiger partial charge is 0.303 e. The van der Waals surface area contributed by atoms with Gasteiger partial charge in [0.25, 0.3) is 0 Å². The summed E-state index contributed by atoms with van der Waals surface area (Å²) in [4.78, 5) is 15.6. The minimum Gasteiger partial charge on any atom is -0.481 e. The third kappa shape index (κ3) is 4.78. The van der Waals surface area contributed by atoms with E-state index in [4.69, 9.17) is 5.11 Å². The standard InChI is InChI=1S/C14H23NO2S/c1-10(2)15(7-5-6-14(16)17)9-13-8-11(3)18-12(13)4/h8,10H,5-7,9H2,1-4H3,(H,16,17). The van der Waals surface area contributed by atoms with E-state index in [-0.39, 0.29) is 6.42 Å². The van der Waals surface area contributed by atoms with Crippen LogP contribution in [0.3, 0.4) is 0 Å². The first-order valence-corrected chi connectivity index (χ1v) is 7.23. The molecule has 0 saturated heterocycles. The highest BCUT2D eigenvalue weighted by molar-refractivity contribution is 7.12. The van der Waals surface area contributed by atoms with Crippen molar-refractivity contribution in [2.45, 2.75) is 53.1 Å². The highest BCUT2D eigenvalue weighted by Crippen LogP contribution is 2.22. The van der Waals surface area contributed by atoms with Gasteiger partial charge in [-0.2, -0.15) is 0 Å². The molecule has 0 bridgehead atoms. The van der Waals surface area contributed by atoms with Crippen LogP contribution in [-0.4, -0.2) is 28.6 Å². The number of carboxylic acids is 1. The van der Waals surface area contributed by atoms with Crippen molar-refractivity contribution in [3.8, 4) is 0 Å². The Morgan fingerprint density at radius 1 is 1.44 bits per heavy atom. The number of rotatable bonds is 7. The van der Waals surface area contributed by atoms with E-state index in [1.807, 2.05) is 11.3 Å². The van der Waals surface area contributed by atoms with Crippen LogP contribution in [0.5, 0.6) is 0 Å². The van der Waals surface area contributed by atoms with E-state index < -0.39 is 5.97 Å². The van der Waals surface area contributed by atoms with Crippen LogP contribution < -0.4 is 0 Å². The Morgan fingerprint density at radius 2 is 2.11 bits per heavy atom.